The summed E-state index contributed by atoms with van der Waals surface area (Å²) < 4.78 is 7.94. The van der Waals surface area contributed by atoms with E-state index in [9.17, 15) is 0 Å². The van der Waals surface area contributed by atoms with Gasteiger partial charge >= 0.3 is 0 Å². The van der Waals surface area contributed by atoms with Gasteiger partial charge in [0.15, 0.2) is 0 Å². The van der Waals surface area contributed by atoms with Gasteiger partial charge in [0.2, 0.25) is 0 Å². The van der Waals surface area contributed by atoms with Crippen LogP contribution in [-0.4, -0.2) is 37.8 Å². The second-order valence-electron chi connectivity index (χ2n) is 3.93. The van der Waals surface area contributed by atoms with Gasteiger partial charge in [0.1, 0.15) is 0 Å². The van der Waals surface area contributed by atoms with Gasteiger partial charge in [-0.15, -0.1) is 0 Å². The molecule has 3 saturated heterocycles. The number of nitrogens with one attached hydrogen (secondary N) is 3. The highest BCUT2D eigenvalue weighted by Crippen LogP contribution is 1.89. The van der Waals surface area contributed by atoms with Crippen LogP contribution < -0.4 is 16.0 Å². The lowest BCUT2D eigenvalue weighted by molar-refractivity contribution is 0.607. The summed E-state index contributed by atoms with van der Waals surface area (Å²) in [4.78, 5) is 0. The van der Waals surface area contributed by atoms with E-state index in [0.717, 1.165) is 18.1 Å². The Kier molecular flexibility index (Phi) is 8.29. The van der Waals surface area contributed by atoms with Crippen molar-refractivity contribution in [1.29, 1.82) is 0 Å². The summed E-state index contributed by atoms with van der Waals surface area (Å²) in [5.74, 6) is 0. The molecule has 0 aromatic rings. The molecular weight excluding hydrogens is 197 g/mol. The highest BCUT2D eigenvalue weighted by atomic mass is 31.0. The molecule has 14 heavy (non-hydrogen) atoms. The molecule has 3 heterocycles. The highest BCUT2D eigenvalue weighted by molar-refractivity contribution is 7.00. The maximum atomic E-state index is 7.94. The molecule has 0 saturated carbocycles. The van der Waals surface area contributed by atoms with Gasteiger partial charge in [-0.2, -0.15) is 0 Å². The van der Waals surface area contributed by atoms with Crippen molar-refractivity contribution in [2.75, 3.05) is 19.6 Å². The molecule has 0 amide bonds. The molecule has 1 radical (unpaired) electrons. The van der Waals surface area contributed by atoms with Crippen molar-refractivity contribution in [1.82, 2.24) is 16.0 Å². The summed E-state index contributed by atoms with van der Waals surface area (Å²) in [5.41, 5.74) is 0. The minimum Gasteiger partial charge on any atom is -0.311 e. The topological polar surface area (TPSA) is 82.9 Å². The molecule has 0 aromatic heterocycles. The van der Waals surface area contributed by atoms with Crippen LogP contribution in [0, 0.1) is 0 Å². The maximum absolute atomic E-state index is 7.94. The predicted molar refractivity (Wildman–Crippen MR) is 60.0 cm³/mol. The van der Waals surface area contributed by atoms with E-state index in [4.69, 9.17) is 4.57 Å². The molecule has 4 nitrogen and oxygen atoms in total. The van der Waals surface area contributed by atoms with Crippen LogP contribution in [0.15, 0.2) is 0 Å². The Morgan fingerprint density at radius 3 is 0.857 bits per heavy atom. The number of rotatable bonds is 0. The molecule has 3 rings (SSSR count). The molecule has 5 heteroatoms. The normalized spacial score (nSPS) is 34.4. The molecular formula is C9H21N3OP. The second-order valence-corrected chi connectivity index (χ2v) is 3.93. The lowest BCUT2D eigenvalue weighted by Gasteiger charge is -1.53. The average Bonchev–Trinajstić information content (AvgIpc) is 2.90. The maximum Gasteiger partial charge on any atom is 0.261 e. The Labute approximate surface area is 88.8 Å². The molecule has 3 atom stereocenters. The van der Waals surface area contributed by atoms with E-state index in [-0.39, 0.29) is 0 Å². The molecule has 3 aliphatic rings. The SMILES string of the molecule is CC1CN1.CC1CN1.CC1CN1.O=[P]. The Morgan fingerprint density at radius 1 is 0.786 bits per heavy atom. The van der Waals surface area contributed by atoms with Crippen LogP contribution in [0.4, 0.5) is 0 Å². The average molecular weight is 218 g/mol. The first kappa shape index (κ1) is 14.0. The molecule has 0 bridgehead atoms. The summed E-state index contributed by atoms with van der Waals surface area (Å²) in [6, 6.07) is 2.50. The van der Waals surface area contributed by atoms with Crippen molar-refractivity contribution >= 4 is 9.12 Å². The molecule has 3 aliphatic heterocycles. The third-order valence-electron chi connectivity index (χ3n) is 1.84. The molecule has 3 N–H and O–H groups in total. The van der Waals surface area contributed by atoms with Crippen LogP contribution >= 0.6 is 9.12 Å². The summed E-state index contributed by atoms with van der Waals surface area (Å²) >= 11 is 0. The summed E-state index contributed by atoms with van der Waals surface area (Å²) in [6.45, 7) is 10.2. The lowest BCUT2D eigenvalue weighted by atomic mass is 10.6. The van der Waals surface area contributed by atoms with Gasteiger partial charge in [-0.25, -0.2) is 0 Å². The zero-order valence-corrected chi connectivity index (χ0v) is 10.1. The van der Waals surface area contributed by atoms with Crippen molar-refractivity contribution in [3.63, 3.8) is 0 Å². The van der Waals surface area contributed by atoms with Gasteiger partial charge in [0.05, 0.1) is 0 Å². The molecule has 3 unspecified atom stereocenters. The van der Waals surface area contributed by atoms with Gasteiger partial charge in [0.25, 0.3) is 9.12 Å². The highest BCUT2D eigenvalue weighted by Gasteiger charge is 2.10. The Bertz CT molecular complexity index is 112. The van der Waals surface area contributed by atoms with Crippen LogP contribution in [0.25, 0.3) is 0 Å². The fourth-order valence-electron chi connectivity index (χ4n) is 0.354. The number of hydrogen-bond donors (Lipinski definition) is 3. The van der Waals surface area contributed by atoms with Crippen molar-refractivity contribution in [2.24, 2.45) is 0 Å². The van der Waals surface area contributed by atoms with Gasteiger partial charge in [-0.3, -0.25) is 4.57 Å². The van der Waals surface area contributed by atoms with E-state index in [1.54, 1.807) is 0 Å². The van der Waals surface area contributed by atoms with E-state index in [2.05, 4.69) is 45.8 Å². The molecule has 83 valence electrons. The minimum atomic E-state index is 0.833. The van der Waals surface area contributed by atoms with E-state index in [1.807, 2.05) is 0 Å². The third-order valence-corrected chi connectivity index (χ3v) is 1.84. The van der Waals surface area contributed by atoms with Gasteiger partial charge in [-0.1, -0.05) is 0 Å². The molecule has 0 aromatic carbocycles. The molecule has 3 fully saturated rings. The van der Waals surface area contributed by atoms with Crippen molar-refractivity contribution < 1.29 is 4.57 Å². The zero-order chi connectivity index (χ0) is 11.0. The van der Waals surface area contributed by atoms with Gasteiger partial charge in [-0.05, 0) is 20.8 Å². The van der Waals surface area contributed by atoms with Crippen LogP contribution in [0.5, 0.6) is 0 Å². The Balaban J connectivity index is 0.000000167. The second kappa shape index (κ2) is 8.30. The Morgan fingerprint density at radius 2 is 0.857 bits per heavy atom. The molecule has 0 aliphatic carbocycles. The summed E-state index contributed by atoms with van der Waals surface area (Å²) in [6.07, 6.45) is 0. The first-order valence-corrected chi connectivity index (χ1v) is 5.43. The van der Waals surface area contributed by atoms with Crippen LogP contribution in [0.1, 0.15) is 20.8 Å². The fourth-order valence-corrected chi connectivity index (χ4v) is 0.354. The van der Waals surface area contributed by atoms with Crippen molar-refractivity contribution in [2.45, 2.75) is 38.9 Å². The standard InChI is InChI=1S/3C3H7N.OP/c3*1-3-2-4-3;1-2/h3*3-4H,2H2,1H3;. The lowest BCUT2D eigenvalue weighted by Crippen LogP contribution is -1.72. The fraction of sp³-hybridized carbons (Fsp3) is 1.00. The predicted octanol–water partition coefficient (Wildman–Crippen LogP) is 0.677. The summed E-state index contributed by atoms with van der Waals surface area (Å²) in [5, 5.41) is 9.29. The minimum absolute atomic E-state index is 0.833. The van der Waals surface area contributed by atoms with Gasteiger partial charge < -0.3 is 16.0 Å². The first-order chi connectivity index (χ1) is 6.68. The van der Waals surface area contributed by atoms with Crippen LogP contribution in [0.2, 0.25) is 0 Å². The quantitative estimate of drug-likeness (QED) is 0.412. The van der Waals surface area contributed by atoms with E-state index in [1.165, 1.54) is 19.6 Å². The Hall–Kier alpha value is -0.0200. The van der Waals surface area contributed by atoms with Gasteiger partial charge in [0, 0.05) is 37.8 Å². The summed E-state index contributed by atoms with van der Waals surface area (Å²) in [7, 11) is 2.28. The number of hydrogen-bond acceptors (Lipinski definition) is 4. The zero-order valence-electron chi connectivity index (χ0n) is 9.21. The van der Waals surface area contributed by atoms with Crippen LogP contribution in [0.3, 0.4) is 0 Å². The first-order valence-electron chi connectivity index (χ1n) is 5.07. The third kappa shape index (κ3) is 17.9. The molecule has 0 spiro atoms. The van der Waals surface area contributed by atoms with Crippen molar-refractivity contribution in [3.8, 4) is 0 Å². The largest absolute Gasteiger partial charge is 0.311 e. The monoisotopic (exact) mass is 218 g/mol. The van der Waals surface area contributed by atoms with Crippen molar-refractivity contribution in [3.05, 3.63) is 0 Å². The van der Waals surface area contributed by atoms with E-state index >= 15 is 0 Å². The van der Waals surface area contributed by atoms with E-state index in [0.29, 0.717) is 0 Å². The van der Waals surface area contributed by atoms with Crippen LogP contribution in [-0.2, 0) is 4.57 Å². The smallest absolute Gasteiger partial charge is 0.261 e. The van der Waals surface area contributed by atoms with E-state index < -0.39 is 0 Å².